The Kier molecular flexibility index (Phi) is 5.63. The summed E-state index contributed by atoms with van der Waals surface area (Å²) in [7, 11) is 4.85. The lowest BCUT2D eigenvalue weighted by Gasteiger charge is -2.36. The third kappa shape index (κ3) is 3.60. The molecule has 9 nitrogen and oxygen atoms in total. The molecule has 0 spiro atoms. The van der Waals surface area contributed by atoms with Gasteiger partial charge in [0.05, 0.1) is 19.1 Å². The number of fused-ring (bicyclic) bond motifs is 1. The summed E-state index contributed by atoms with van der Waals surface area (Å²) in [6.45, 7) is 5.52. The second-order valence-corrected chi connectivity index (χ2v) is 7.67. The molecule has 0 unspecified atom stereocenters. The molecule has 1 saturated heterocycles. The number of benzene rings is 1. The van der Waals surface area contributed by atoms with Gasteiger partial charge in [0.1, 0.15) is 5.75 Å². The summed E-state index contributed by atoms with van der Waals surface area (Å²) in [5.41, 5.74) is 1.42. The summed E-state index contributed by atoms with van der Waals surface area (Å²) in [6, 6.07) is 8.13. The maximum Gasteiger partial charge on any atom is 0.332 e. The Morgan fingerprint density at radius 2 is 1.73 bits per heavy atom. The molecule has 4 rings (SSSR count). The summed E-state index contributed by atoms with van der Waals surface area (Å²) in [5.74, 6) is 0.911. The first kappa shape index (κ1) is 20.2. The topological polar surface area (TPSA) is 77.5 Å². The third-order valence-electron chi connectivity index (χ3n) is 5.89. The van der Waals surface area contributed by atoms with Gasteiger partial charge in [-0.2, -0.15) is 0 Å². The van der Waals surface area contributed by atoms with Crippen LogP contribution in [0.2, 0.25) is 0 Å². The molecule has 160 valence electrons. The van der Waals surface area contributed by atoms with Crippen molar-refractivity contribution >= 4 is 16.9 Å². The van der Waals surface area contributed by atoms with Crippen molar-refractivity contribution in [1.82, 2.24) is 23.6 Å². The first-order valence-corrected chi connectivity index (χ1v) is 10.2. The van der Waals surface area contributed by atoms with Crippen LogP contribution in [-0.4, -0.2) is 63.4 Å². The van der Waals surface area contributed by atoms with Crippen molar-refractivity contribution in [1.29, 1.82) is 0 Å². The molecule has 1 aliphatic rings. The third-order valence-corrected chi connectivity index (χ3v) is 5.89. The zero-order valence-electron chi connectivity index (χ0n) is 17.7. The van der Waals surface area contributed by atoms with Gasteiger partial charge in [0.2, 0.25) is 0 Å². The summed E-state index contributed by atoms with van der Waals surface area (Å²) >= 11 is 0. The lowest BCUT2D eigenvalue weighted by Crippen LogP contribution is -2.46. The highest BCUT2D eigenvalue weighted by molar-refractivity contribution is 5.69. The number of para-hydroxylation sites is 2. The molecule has 30 heavy (non-hydrogen) atoms. The quantitative estimate of drug-likeness (QED) is 0.592. The summed E-state index contributed by atoms with van der Waals surface area (Å²) < 4.78 is 9.91. The van der Waals surface area contributed by atoms with Gasteiger partial charge in [-0.05, 0) is 25.1 Å². The van der Waals surface area contributed by atoms with E-state index in [1.165, 1.54) is 11.6 Å². The molecule has 2 aromatic heterocycles. The number of imidazole rings is 1. The zero-order valence-corrected chi connectivity index (χ0v) is 17.7. The van der Waals surface area contributed by atoms with Gasteiger partial charge in [-0.1, -0.05) is 12.1 Å². The number of aryl methyl sites for hydroxylation is 2. The van der Waals surface area contributed by atoms with E-state index in [1.807, 2.05) is 22.8 Å². The van der Waals surface area contributed by atoms with Crippen molar-refractivity contribution in [3.63, 3.8) is 0 Å². The molecule has 9 heteroatoms. The first-order valence-electron chi connectivity index (χ1n) is 10.2. The van der Waals surface area contributed by atoms with Crippen LogP contribution in [0.25, 0.3) is 11.2 Å². The molecule has 1 aromatic carbocycles. The molecule has 0 radical (unpaired) electrons. The van der Waals surface area contributed by atoms with Gasteiger partial charge >= 0.3 is 5.69 Å². The number of nitrogens with zero attached hydrogens (tertiary/aromatic N) is 6. The van der Waals surface area contributed by atoms with Gasteiger partial charge in [0.25, 0.3) is 5.56 Å². The standard InChI is InChI=1S/C21H28N6O3/c1-23-19-18(20(28)24(2)21(23)29)27(15-22-19)10-6-9-25-11-13-26(14-12-25)16-7-4-5-8-17(16)30-3/h4-5,7-8,15H,6,9-14H2,1-3H3. The van der Waals surface area contributed by atoms with Gasteiger partial charge in [-0.15, -0.1) is 0 Å². The largest absolute Gasteiger partial charge is 0.495 e. The number of anilines is 1. The Morgan fingerprint density at radius 3 is 2.47 bits per heavy atom. The number of methoxy groups -OCH3 is 1. The SMILES string of the molecule is COc1ccccc1N1CCN(CCCn2cnc3c2c(=O)n(C)c(=O)n3C)CC1. The van der Waals surface area contributed by atoms with Crippen LogP contribution in [0.15, 0.2) is 40.2 Å². The highest BCUT2D eigenvalue weighted by atomic mass is 16.5. The fourth-order valence-electron chi connectivity index (χ4n) is 4.13. The van der Waals surface area contributed by atoms with Crippen molar-refractivity contribution in [3.8, 4) is 5.75 Å². The predicted molar refractivity (Wildman–Crippen MR) is 116 cm³/mol. The normalized spacial score (nSPS) is 15.1. The van der Waals surface area contributed by atoms with E-state index in [0.29, 0.717) is 17.7 Å². The predicted octanol–water partition coefficient (Wildman–Crippen LogP) is 0.655. The Hall–Kier alpha value is -3.07. The summed E-state index contributed by atoms with van der Waals surface area (Å²) in [5, 5.41) is 0. The molecule has 1 fully saturated rings. The van der Waals surface area contributed by atoms with E-state index in [4.69, 9.17) is 4.74 Å². The minimum absolute atomic E-state index is 0.295. The number of piperazine rings is 1. The monoisotopic (exact) mass is 412 g/mol. The minimum atomic E-state index is -0.356. The molecule has 0 bridgehead atoms. The Balaban J connectivity index is 1.36. The smallest absolute Gasteiger partial charge is 0.332 e. The minimum Gasteiger partial charge on any atom is -0.495 e. The van der Waals surface area contributed by atoms with Crippen molar-refractivity contribution in [3.05, 3.63) is 51.4 Å². The van der Waals surface area contributed by atoms with Crippen LogP contribution >= 0.6 is 0 Å². The molecule has 3 aromatic rings. The molecule has 1 aliphatic heterocycles. The first-order chi connectivity index (χ1) is 14.5. The van der Waals surface area contributed by atoms with Crippen molar-refractivity contribution in [2.75, 3.05) is 44.7 Å². The Bertz CT molecular complexity index is 1150. The van der Waals surface area contributed by atoms with Crippen LogP contribution in [0.4, 0.5) is 5.69 Å². The molecule has 3 heterocycles. The fourth-order valence-corrected chi connectivity index (χ4v) is 4.13. The van der Waals surface area contributed by atoms with Crippen molar-refractivity contribution in [2.24, 2.45) is 14.1 Å². The average Bonchev–Trinajstić information content (AvgIpc) is 3.21. The van der Waals surface area contributed by atoms with E-state index in [0.717, 1.165) is 55.1 Å². The van der Waals surface area contributed by atoms with Gasteiger partial charge < -0.3 is 14.2 Å². The molecule has 0 atom stereocenters. The number of ether oxygens (including phenoxy) is 1. The Morgan fingerprint density at radius 1 is 1.00 bits per heavy atom. The van der Waals surface area contributed by atoms with Crippen LogP contribution < -0.4 is 20.9 Å². The van der Waals surface area contributed by atoms with E-state index in [9.17, 15) is 9.59 Å². The van der Waals surface area contributed by atoms with Gasteiger partial charge in [-0.3, -0.25) is 18.8 Å². The lowest BCUT2D eigenvalue weighted by atomic mass is 10.2. The number of rotatable bonds is 6. The fraction of sp³-hybridized carbons (Fsp3) is 0.476. The molecular formula is C21H28N6O3. The van der Waals surface area contributed by atoms with Gasteiger partial charge in [0, 0.05) is 46.8 Å². The highest BCUT2D eigenvalue weighted by Gasteiger charge is 2.19. The summed E-state index contributed by atoms with van der Waals surface area (Å²) in [4.78, 5) is 33.7. The number of hydrogen-bond acceptors (Lipinski definition) is 6. The van der Waals surface area contributed by atoms with E-state index >= 15 is 0 Å². The van der Waals surface area contributed by atoms with Crippen LogP contribution in [0.1, 0.15) is 6.42 Å². The lowest BCUT2D eigenvalue weighted by molar-refractivity contribution is 0.250. The second kappa shape index (κ2) is 8.35. The second-order valence-electron chi connectivity index (χ2n) is 7.67. The van der Waals surface area contributed by atoms with Gasteiger partial charge in [-0.25, -0.2) is 9.78 Å². The number of aromatic nitrogens is 4. The maximum atomic E-state index is 12.5. The highest BCUT2D eigenvalue weighted by Crippen LogP contribution is 2.28. The van der Waals surface area contributed by atoms with Crippen LogP contribution in [0.3, 0.4) is 0 Å². The van der Waals surface area contributed by atoms with Crippen molar-refractivity contribution < 1.29 is 4.74 Å². The van der Waals surface area contributed by atoms with E-state index in [2.05, 4.69) is 20.9 Å². The summed E-state index contributed by atoms with van der Waals surface area (Å²) in [6.07, 6.45) is 2.57. The van der Waals surface area contributed by atoms with Crippen molar-refractivity contribution in [2.45, 2.75) is 13.0 Å². The molecule has 0 aliphatic carbocycles. The molecule has 0 N–H and O–H groups in total. The van der Waals surface area contributed by atoms with Crippen LogP contribution in [-0.2, 0) is 20.6 Å². The molecule has 0 saturated carbocycles. The van der Waals surface area contributed by atoms with Crippen LogP contribution in [0, 0.1) is 0 Å². The van der Waals surface area contributed by atoms with E-state index in [-0.39, 0.29) is 11.2 Å². The average molecular weight is 412 g/mol. The maximum absolute atomic E-state index is 12.5. The van der Waals surface area contributed by atoms with E-state index in [1.54, 1.807) is 20.5 Å². The molecular weight excluding hydrogens is 384 g/mol. The Labute approximate surface area is 174 Å². The molecule has 0 amide bonds. The van der Waals surface area contributed by atoms with E-state index < -0.39 is 0 Å². The van der Waals surface area contributed by atoms with Crippen LogP contribution in [0.5, 0.6) is 5.75 Å². The number of hydrogen-bond donors (Lipinski definition) is 0. The van der Waals surface area contributed by atoms with Gasteiger partial charge in [0.15, 0.2) is 11.2 Å². The zero-order chi connectivity index (χ0) is 21.3.